The van der Waals surface area contributed by atoms with Crippen molar-refractivity contribution in [3.8, 4) is 9.31 Å². The maximum atomic E-state index is 10.5. The van der Waals surface area contributed by atoms with Gasteiger partial charge in [-0.1, -0.05) is 0 Å². The fourth-order valence-corrected chi connectivity index (χ4v) is 4.34. The van der Waals surface area contributed by atoms with Gasteiger partial charge in [0.25, 0.3) is 0 Å². The van der Waals surface area contributed by atoms with Gasteiger partial charge in [0.05, 0.1) is 0 Å². The first kappa shape index (κ1) is 9.41. The van der Waals surface area contributed by atoms with Crippen LogP contribution in [0.2, 0.25) is 0 Å². The second-order valence-electron chi connectivity index (χ2n) is 2.42. The van der Waals surface area contributed by atoms with Crippen molar-refractivity contribution >= 4 is 48.1 Å². The van der Waals surface area contributed by atoms with Gasteiger partial charge in [0.2, 0.25) is 0 Å². The molecule has 0 N–H and O–H groups in total. The Morgan fingerprint density at radius 2 is 2.15 bits per heavy atom. The summed E-state index contributed by atoms with van der Waals surface area (Å²) in [7, 11) is 0. The van der Waals surface area contributed by atoms with Crippen LogP contribution in [0.3, 0.4) is 0 Å². The molecular formula is C9H5BrOSSe. The van der Waals surface area contributed by atoms with E-state index in [2.05, 4.69) is 22.0 Å². The van der Waals surface area contributed by atoms with Crippen LogP contribution >= 0.6 is 27.3 Å². The summed E-state index contributed by atoms with van der Waals surface area (Å²) in [6.45, 7) is 0. The fraction of sp³-hybridized carbons (Fsp3) is 0. The normalized spacial score (nSPS) is 10.2. The van der Waals surface area contributed by atoms with E-state index in [0.29, 0.717) is 0 Å². The van der Waals surface area contributed by atoms with Gasteiger partial charge in [-0.3, -0.25) is 0 Å². The van der Waals surface area contributed by atoms with Crippen LogP contribution in [0.4, 0.5) is 0 Å². The number of thiophene rings is 1. The molecule has 2 heterocycles. The van der Waals surface area contributed by atoms with Gasteiger partial charge in [0.15, 0.2) is 0 Å². The first-order chi connectivity index (χ1) is 6.29. The molecule has 0 unspecified atom stereocenters. The predicted octanol–water partition coefficient (Wildman–Crippen LogP) is 3.05. The van der Waals surface area contributed by atoms with Crippen molar-refractivity contribution in [1.29, 1.82) is 0 Å². The third kappa shape index (κ3) is 2.02. The summed E-state index contributed by atoms with van der Waals surface area (Å²) in [5.74, 6) is 0. The molecule has 66 valence electrons. The number of aldehydes is 1. The molecule has 2 rings (SSSR count). The molecule has 0 fully saturated rings. The summed E-state index contributed by atoms with van der Waals surface area (Å²) in [6.07, 6.45) is 0.951. The Kier molecular flexibility index (Phi) is 2.84. The van der Waals surface area contributed by atoms with Crippen LogP contribution < -0.4 is 0 Å². The number of carbonyl (C=O) groups excluding carboxylic acids is 1. The zero-order valence-electron chi connectivity index (χ0n) is 6.49. The first-order valence-electron chi connectivity index (χ1n) is 3.60. The molecule has 0 saturated carbocycles. The second kappa shape index (κ2) is 3.93. The summed E-state index contributed by atoms with van der Waals surface area (Å²) in [5, 5.41) is 0. The average Bonchev–Trinajstić information content (AvgIpc) is 2.71. The zero-order valence-corrected chi connectivity index (χ0v) is 10.6. The number of hydrogen-bond acceptors (Lipinski definition) is 2. The summed E-state index contributed by atoms with van der Waals surface area (Å²) < 4.78 is 3.36. The molecule has 2 aromatic heterocycles. The quantitative estimate of drug-likeness (QED) is 0.614. The standard InChI is InChI=1S/C9H5BrOSSe/c10-9-4-2-7(12-9)8-3-1-6(5-11)13-8/h1-5H. The Morgan fingerprint density at radius 3 is 2.69 bits per heavy atom. The van der Waals surface area contributed by atoms with E-state index < -0.39 is 0 Å². The summed E-state index contributed by atoms with van der Waals surface area (Å²) in [4.78, 5) is 11.8. The monoisotopic (exact) mass is 320 g/mol. The van der Waals surface area contributed by atoms with Gasteiger partial charge in [-0.15, -0.1) is 0 Å². The molecule has 0 amide bonds. The Balaban J connectivity index is 2.40. The Hall–Kier alpha value is -0.151. The molecule has 13 heavy (non-hydrogen) atoms. The number of rotatable bonds is 2. The van der Waals surface area contributed by atoms with Gasteiger partial charge in [0, 0.05) is 0 Å². The van der Waals surface area contributed by atoms with E-state index in [1.807, 2.05) is 18.2 Å². The molecule has 1 nitrogen and oxygen atoms in total. The van der Waals surface area contributed by atoms with Crippen molar-refractivity contribution in [1.82, 2.24) is 0 Å². The van der Waals surface area contributed by atoms with Gasteiger partial charge in [-0.25, -0.2) is 0 Å². The molecule has 0 atom stereocenters. The molecule has 4 heteroatoms. The average molecular weight is 320 g/mol. The van der Waals surface area contributed by atoms with E-state index in [9.17, 15) is 4.79 Å². The van der Waals surface area contributed by atoms with Crippen LogP contribution in [0.15, 0.2) is 28.1 Å². The van der Waals surface area contributed by atoms with E-state index in [0.717, 1.165) is 14.5 Å². The minimum absolute atomic E-state index is 0.214. The Morgan fingerprint density at radius 1 is 1.31 bits per heavy atom. The van der Waals surface area contributed by atoms with Crippen molar-refractivity contribution in [2.75, 3.05) is 0 Å². The van der Waals surface area contributed by atoms with Crippen molar-refractivity contribution < 1.29 is 4.79 Å². The molecular weight excluding hydrogens is 315 g/mol. The van der Waals surface area contributed by atoms with Crippen LogP contribution in [0.5, 0.6) is 0 Å². The molecule has 0 radical (unpaired) electrons. The van der Waals surface area contributed by atoms with E-state index in [1.165, 1.54) is 9.31 Å². The van der Waals surface area contributed by atoms with E-state index in [4.69, 9.17) is 0 Å². The minimum atomic E-state index is 0.214. The van der Waals surface area contributed by atoms with Gasteiger partial charge in [0.1, 0.15) is 0 Å². The van der Waals surface area contributed by atoms with Crippen molar-refractivity contribution in [3.63, 3.8) is 0 Å². The zero-order chi connectivity index (χ0) is 9.26. The van der Waals surface area contributed by atoms with Gasteiger partial charge < -0.3 is 0 Å². The summed E-state index contributed by atoms with van der Waals surface area (Å²) >= 11 is 5.35. The van der Waals surface area contributed by atoms with Crippen LogP contribution in [0.25, 0.3) is 9.31 Å². The maximum absolute atomic E-state index is 10.5. The van der Waals surface area contributed by atoms with Crippen LogP contribution in [-0.4, -0.2) is 20.8 Å². The molecule has 0 bridgehead atoms. The molecule has 2 aromatic rings. The fourth-order valence-electron chi connectivity index (χ4n) is 0.995. The number of carbonyl (C=O) groups is 1. The van der Waals surface area contributed by atoms with Crippen molar-refractivity contribution in [3.05, 3.63) is 32.5 Å². The van der Waals surface area contributed by atoms with Crippen LogP contribution in [0.1, 0.15) is 9.23 Å². The molecule has 0 aliphatic rings. The van der Waals surface area contributed by atoms with Crippen molar-refractivity contribution in [2.24, 2.45) is 0 Å². The summed E-state index contributed by atoms with van der Waals surface area (Å²) in [5.41, 5.74) is 0. The van der Waals surface area contributed by atoms with Crippen LogP contribution in [-0.2, 0) is 0 Å². The van der Waals surface area contributed by atoms with E-state index in [-0.39, 0.29) is 14.5 Å². The summed E-state index contributed by atoms with van der Waals surface area (Å²) in [6, 6.07) is 8.08. The molecule has 0 spiro atoms. The van der Waals surface area contributed by atoms with E-state index >= 15 is 0 Å². The molecule has 0 aliphatic heterocycles. The van der Waals surface area contributed by atoms with Gasteiger partial charge >= 0.3 is 94.7 Å². The van der Waals surface area contributed by atoms with Gasteiger partial charge in [-0.2, -0.15) is 0 Å². The third-order valence-corrected chi connectivity index (χ3v) is 5.70. The number of hydrogen-bond donors (Lipinski definition) is 0. The topological polar surface area (TPSA) is 17.1 Å². The van der Waals surface area contributed by atoms with Crippen molar-refractivity contribution in [2.45, 2.75) is 0 Å². The first-order valence-corrected chi connectivity index (χ1v) is 6.92. The van der Waals surface area contributed by atoms with Crippen LogP contribution in [0, 0.1) is 0 Å². The van der Waals surface area contributed by atoms with E-state index in [1.54, 1.807) is 11.3 Å². The predicted molar refractivity (Wildman–Crippen MR) is 59.8 cm³/mol. The second-order valence-corrected chi connectivity index (χ2v) is 7.23. The Labute approximate surface area is 94.3 Å². The molecule has 0 aromatic carbocycles. The SMILES string of the molecule is O=Cc1ccc(-c2ccc(Br)s2)[se]1. The molecule has 0 aliphatic carbocycles. The molecule has 0 saturated heterocycles. The Bertz CT molecular complexity index is 432. The number of halogens is 1. The third-order valence-electron chi connectivity index (χ3n) is 1.56. The van der Waals surface area contributed by atoms with Gasteiger partial charge in [-0.05, 0) is 0 Å².